The maximum atomic E-state index is 9.55. The molecule has 74 valence electrons. The number of rotatable bonds is 7. The van der Waals surface area contributed by atoms with Crippen LogP contribution in [0.5, 0.6) is 0 Å². The molecule has 0 aromatic carbocycles. The largest absolute Gasteiger partial charge is 0.390 e. The molecule has 0 aliphatic heterocycles. The average molecular weight is 174 g/mol. The van der Waals surface area contributed by atoms with Crippen molar-refractivity contribution in [2.75, 3.05) is 13.2 Å². The van der Waals surface area contributed by atoms with Crippen molar-refractivity contribution < 1.29 is 9.84 Å². The van der Waals surface area contributed by atoms with Crippen LogP contribution < -0.4 is 0 Å². The molecular formula is C10H22O2. The maximum Gasteiger partial charge on any atom is 0.0799 e. The first kappa shape index (κ1) is 11.9. The van der Waals surface area contributed by atoms with Gasteiger partial charge in [0.15, 0.2) is 0 Å². The molecule has 0 bridgehead atoms. The van der Waals surface area contributed by atoms with Crippen molar-refractivity contribution in [2.24, 2.45) is 5.92 Å². The quantitative estimate of drug-likeness (QED) is 0.600. The second-order valence-electron chi connectivity index (χ2n) is 3.41. The van der Waals surface area contributed by atoms with E-state index in [2.05, 4.69) is 20.8 Å². The minimum absolute atomic E-state index is 0.281. The lowest BCUT2D eigenvalue weighted by Gasteiger charge is -2.17. The molecule has 2 unspecified atom stereocenters. The van der Waals surface area contributed by atoms with Gasteiger partial charge in [-0.3, -0.25) is 0 Å². The minimum atomic E-state index is -0.281. The first-order valence-corrected chi connectivity index (χ1v) is 4.98. The third-order valence-electron chi connectivity index (χ3n) is 2.04. The Morgan fingerprint density at radius 3 is 2.42 bits per heavy atom. The molecule has 0 fully saturated rings. The Morgan fingerprint density at radius 1 is 1.25 bits per heavy atom. The van der Waals surface area contributed by atoms with Gasteiger partial charge in [0.1, 0.15) is 0 Å². The molecule has 2 atom stereocenters. The Kier molecular flexibility index (Phi) is 7.51. The first-order chi connectivity index (χ1) is 5.72. The van der Waals surface area contributed by atoms with Crippen LogP contribution >= 0.6 is 0 Å². The lowest BCUT2D eigenvalue weighted by molar-refractivity contribution is 0.00715. The summed E-state index contributed by atoms with van der Waals surface area (Å²) >= 11 is 0. The van der Waals surface area contributed by atoms with E-state index in [0.717, 1.165) is 25.9 Å². The van der Waals surface area contributed by atoms with E-state index >= 15 is 0 Å². The lowest BCUT2D eigenvalue weighted by Crippen LogP contribution is -2.23. The van der Waals surface area contributed by atoms with Crippen molar-refractivity contribution in [1.82, 2.24) is 0 Å². The van der Waals surface area contributed by atoms with E-state index in [4.69, 9.17) is 4.74 Å². The van der Waals surface area contributed by atoms with Crippen LogP contribution in [-0.2, 0) is 4.74 Å². The zero-order valence-corrected chi connectivity index (χ0v) is 8.55. The molecule has 1 N–H and O–H groups in total. The van der Waals surface area contributed by atoms with Crippen molar-refractivity contribution in [1.29, 1.82) is 0 Å². The fraction of sp³-hybridized carbons (Fsp3) is 1.00. The van der Waals surface area contributed by atoms with Crippen LogP contribution in [0.15, 0.2) is 0 Å². The highest BCUT2D eigenvalue weighted by Crippen LogP contribution is 2.10. The molecule has 0 rings (SSSR count). The molecule has 2 nitrogen and oxygen atoms in total. The van der Waals surface area contributed by atoms with Crippen LogP contribution in [0.4, 0.5) is 0 Å². The topological polar surface area (TPSA) is 29.5 Å². The van der Waals surface area contributed by atoms with Crippen molar-refractivity contribution in [3.8, 4) is 0 Å². The van der Waals surface area contributed by atoms with E-state index in [9.17, 15) is 5.11 Å². The molecule has 0 spiro atoms. The first-order valence-electron chi connectivity index (χ1n) is 4.98. The van der Waals surface area contributed by atoms with Gasteiger partial charge < -0.3 is 9.84 Å². The zero-order chi connectivity index (χ0) is 9.40. The smallest absolute Gasteiger partial charge is 0.0799 e. The summed E-state index contributed by atoms with van der Waals surface area (Å²) in [6.45, 7) is 7.53. The number of aliphatic hydroxyl groups is 1. The Morgan fingerprint density at radius 2 is 1.92 bits per heavy atom. The number of hydrogen-bond donors (Lipinski definition) is 1. The van der Waals surface area contributed by atoms with Crippen LogP contribution in [0, 0.1) is 5.92 Å². The predicted octanol–water partition coefficient (Wildman–Crippen LogP) is 2.21. The summed E-state index contributed by atoms with van der Waals surface area (Å²) in [5.74, 6) is 0.367. The van der Waals surface area contributed by atoms with Gasteiger partial charge in [-0.25, -0.2) is 0 Å². The summed E-state index contributed by atoms with van der Waals surface area (Å²) < 4.78 is 5.26. The molecule has 0 heterocycles. The average Bonchev–Trinajstić information content (AvgIpc) is 2.05. The highest BCUT2D eigenvalue weighted by atomic mass is 16.5. The Balaban J connectivity index is 3.35. The Hall–Kier alpha value is -0.0800. The molecule has 0 aromatic rings. The molecule has 0 aliphatic carbocycles. The van der Waals surface area contributed by atoms with Crippen LogP contribution in [0.1, 0.15) is 40.0 Å². The van der Waals surface area contributed by atoms with Gasteiger partial charge in [-0.1, -0.05) is 27.2 Å². The van der Waals surface area contributed by atoms with Gasteiger partial charge in [0.25, 0.3) is 0 Å². The fourth-order valence-electron chi connectivity index (χ4n) is 1.16. The summed E-state index contributed by atoms with van der Waals surface area (Å²) in [6, 6.07) is 0. The molecule has 0 amide bonds. The van der Waals surface area contributed by atoms with Gasteiger partial charge in [0.2, 0.25) is 0 Å². The second kappa shape index (κ2) is 7.56. The van der Waals surface area contributed by atoms with Crippen molar-refractivity contribution in [2.45, 2.75) is 46.1 Å². The maximum absolute atomic E-state index is 9.55. The van der Waals surface area contributed by atoms with Crippen molar-refractivity contribution in [3.63, 3.8) is 0 Å². The molecule has 12 heavy (non-hydrogen) atoms. The zero-order valence-electron chi connectivity index (χ0n) is 8.55. The van der Waals surface area contributed by atoms with E-state index < -0.39 is 0 Å². The number of hydrogen-bond acceptors (Lipinski definition) is 2. The molecule has 0 saturated heterocycles. The summed E-state index contributed by atoms with van der Waals surface area (Å²) in [6.07, 6.45) is 2.95. The Labute approximate surface area is 75.9 Å². The monoisotopic (exact) mass is 174 g/mol. The summed E-state index contributed by atoms with van der Waals surface area (Å²) in [4.78, 5) is 0. The highest BCUT2D eigenvalue weighted by Gasteiger charge is 2.12. The van der Waals surface area contributed by atoms with Crippen molar-refractivity contribution in [3.05, 3.63) is 0 Å². The summed E-state index contributed by atoms with van der Waals surface area (Å²) in [5.41, 5.74) is 0. The lowest BCUT2D eigenvalue weighted by atomic mass is 10.0. The van der Waals surface area contributed by atoms with E-state index in [-0.39, 0.29) is 6.10 Å². The van der Waals surface area contributed by atoms with E-state index in [1.807, 2.05) is 0 Å². The minimum Gasteiger partial charge on any atom is -0.390 e. The second-order valence-corrected chi connectivity index (χ2v) is 3.41. The van der Waals surface area contributed by atoms with Gasteiger partial charge in [0, 0.05) is 6.61 Å². The molecule has 0 aromatic heterocycles. The third kappa shape index (κ3) is 5.56. The normalized spacial score (nSPS) is 16.0. The van der Waals surface area contributed by atoms with Crippen molar-refractivity contribution >= 4 is 0 Å². The van der Waals surface area contributed by atoms with Crippen LogP contribution in [-0.4, -0.2) is 24.4 Å². The van der Waals surface area contributed by atoms with Gasteiger partial charge in [-0.2, -0.15) is 0 Å². The molecule has 0 radical (unpaired) electrons. The molecule has 0 aliphatic rings. The van der Waals surface area contributed by atoms with E-state index in [1.165, 1.54) is 0 Å². The van der Waals surface area contributed by atoms with Crippen LogP contribution in [0.25, 0.3) is 0 Å². The number of aliphatic hydroxyl groups excluding tert-OH is 1. The van der Waals surface area contributed by atoms with Gasteiger partial charge in [0.05, 0.1) is 12.7 Å². The van der Waals surface area contributed by atoms with E-state index in [0.29, 0.717) is 12.5 Å². The standard InChI is InChI=1S/C10H22O2/c1-4-6-9(3)10(11)8-12-7-5-2/h9-11H,4-8H2,1-3H3. The van der Waals surface area contributed by atoms with Crippen LogP contribution in [0.2, 0.25) is 0 Å². The van der Waals surface area contributed by atoms with Gasteiger partial charge in [-0.15, -0.1) is 0 Å². The number of ether oxygens (including phenoxy) is 1. The van der Waals surface area contributed by atoms with Gasteiger partial charge >= 0.3 is 0 Å². The van der Waals surface area contributed by atoms with Crippen LogP contribution in [0.3, 0.4) is 0 Å². The molecule has 2 heteroatoms. The predicted molar refractivity (Wildman–Crippen MR) is 51.2 cm³/mol. The molecular weight excluding hydrogens is 152 g/mol. The third-order valence-corrected chi connectivity index (χ3v) is 2.04. The fourth-order valence-corrected chi connectivity index (χ4v) is 1.16. The summed E-state index contributed by atoms with van der Waals surface area (Å²) in [5, 5.41) is 9.55. The summed E-state index contributed by atoms with van der Waals surface area (Å²) in [7, 11) is 0. The van der Waals surface area contributed by atoms with Gasteiger partial charge in [-0.05, 0) is 18.8 Å². The van der Waals surface area contributed by atoms with E-state index in [1.54, 1.807) is 0 Å². The Bertz CT molecular complexity index is 93.8. The SMILES string of the molecule is CCCOCC(O)C(C)CCC. The molecule has 0 saturated carbocycles. The highest BCUT2D eigenvalue weighted by molar-refractivity contribution is 4.62.